The van der Waals surface area contributed by atoms with E-state index in [0.717, 1.165) is 6.42 Å². The molecule has 0 unspecified atom stereocenters. The topological polar surface area (TPSA) is 78.2 Å². The average Bonchev–Trinajstić information content (AvgIpc) is 2.51. The minimum atomic E-state index is -3.65. The van der Waals surface area contributed by atoms with Gasteiger partial charge in [0, 0.05) is 6.54 Å². The summed E-state index contributed by atoms with van der Waals surface area (Å²) in [6.07, 6.45) is 1.25. The molecule has 0 bridgehead atoms. The van der Waals surface area contributed by atoms with Gasteiger partial charge in [-0.2, -0.15) is 5.26 Å². The van der Waals surface area contributed by atoms with Crippen LogP contribution in [-0.2, 0) is 14.6 Å². The number of nitrogens with zero attached hydrogens (tertiary/aromatic N) is 2. The molecule has 74 valence electrons. The molecule has 1 fully saturated rings. The third-order valence-electron chi connectivity index (χ3n) is 2.41. The molecule has 2 rings (SSSR count). The largest absolute Gasteiger partial charge is 0.313 e. The molecular formula is C8H8N2O3S. The Morgan fingerprint density at radius 3 is 2.79 bits per heavy atom. The Hall–Kier alpha value is -1.35. The Balaban J connectivity index is 2.66. The van der Waals surface area contributed by atoms with E-state index >= 15 is 0 Å². The summed E-state index contributed by atoms with van der Waals surface area (Å²) < 4.78 is 22.9. The Bertz CT molecular complexity index is 469. The van der Waals surface area contributed by atoms with Crippen molar-refractivity contribution in [3.63, 3.8) is 0 Å². The van der Waals surface area contributed by atoms with Crippen LogP contribution in [0.5, 0.6) is 0 Å². The Morgan fingerprint density at radius 2 is 2.14 bits per heavy atom. The van der Waals surface area contributed by atoms with Crippen LogP contribution in [0.3, 0.4) is 0 Å². The highest BCUT2D eigenvalue weighted by molar-refractivity contribution is 7.96. The van der Waals surface area contributed by atoms with Gasteiger partial charge in [-0.3, -0.25) is 4.79 Å². The number of fused-ring (bicyclic) bond motifs is 1. The molecule has 5 nitrogen and oxygen atoms in total. The Labute approximate surface area is 81.5 Å². The van der Waals surface area contributed by atoms with Gasteiger partial charge in [0.1, 0.15) is 11.8 Å². The summed E-state index contributed by atoms with van der Waals surface area (Å²) in [6, 6.07) is 1.68. The third kappa shape index (κ3) is 1.13. The van der Waals surface area contributed by atoms with Gasteiger partial charge in [0.2, 0.25) is 5.91 Å². The quantitative estimate of drug-likeness (QED) is 0.555. The van der Waals surface area contributed by atoms with Crippen LogP contribution in [0.25, 0.3) is 0 Å². The second-order valence-electron chi connectivity index (χ2n) is 3.30. The molecule has 0 aromatic carbocycles. The number of sulfone groups is 1. The molecule has 0 aromatic rings. The maximum atomic E-state index is 11.4. The smallest absolute Gasteiger partial charge is 0.242 e. The van der Waals surface area contributed by atoms with Crippen molar-refractivity contribution in [1.29, 1.82) is 5.26 Å². The minimum absolute atomic E-state index is 0.213. The van der Waals surface area contributed by atoms with Gasteiger partial charge < -0.3 is 4.90 Å². The normalized spacial score (nSPS) is 24.8. The van der Waals surface area contributed by atoms with Crippen molar-refractivity contribution in [3.8, 4) is 6.07 Å². The van der Waals surface area contributed by atoms with Crippen molar-refractivity contribution in [1.82, 2.24) is 4.90 Å². The highest BCUT2D eigenvalue weighted by Gasteiger charge is 2.39. The van der Waals surface area contributed by atoms with E-state index < -0.39 is 21.5 Å². The lowest BCUT2D eigenvalue weighted by molar-refractivity contribution is -0.126. The lowest BCUT2D eigenvalue weighted by atomic mass is 10.3. The summed E-state index contributed by atoms with van der Waals surface area (Å²) in [5.74, 6) is -0.962. The number of hydrogen-bond acceptors (Lipinski definition) is 4. The first kappa shape index (κ1) is 9.21. The van der Waals surface area contributed by atoms with E-state index in [1.807, 2.05) is 0 Å². The van der Waals surface area contributed by atoms with Gasteiger partial charge in [0.15, 0.2) is 14.7 Å². The first-order valence-corrected chi connectivity index (χ1v) is 5.88. The monoisotopic (exact) mass is 212 g/mol. The van der Waals surface area contributed by atoms with E-state index in [2.05, 4.69) is 0 Å². The van der Waals surface area contributed by atoms with Crippen molar-refractivity contribution in [3.05, 3.63) is 10.6 Å². The van der Waals surface area contributed by atoms with Crippen LogP contribution in [-0.4, -0.2) is 31.5 Å². The van der Waals surface area contributed by atoms with E-state index in [9.17, 15) is 13.2 Å². The lowest BCUT2D eigenvalue weighted by Gasteiger charge is -2.23. The zero-order chi connectivity index (χ0) is 10.3. The molecule has 0 radical (unpaired) electrons. The molecular weight excluding hydrogens is 204 g/mol. The van der Waals surface area contributed by atoms with Crippen LogP contribution < -0.4 is 0 Å². The predicted molar refractivity (Wildman–Crippen MR) is 47.4 cm³/mol. The van der Waals surface area contributed by atoms with Gasteiger partial charge in [0.25, 0.3) is 0 Å². The molecule has 0 aromatic heterocycles. The van der Waals surface area contributed by atoms with E-state index in [1.165, 1.54) is 4.90 Å². The lowest BCUT2D eigenvalue weighted by Crippen LogP contribution is -2.38. The number of carbonyl (C=O) groups excluding carboxylic acids is 1. The molecule has 2 aliphatic heterocycles. The van der Waals surface area contributed by atoms with E-state index in [1.54, 1.807) is 6.07 Å². The summed E-state index contributed by atoms with van der Waals surface area (Å²) in [5.41, 5.74) is 0.392. The molecule has 0 aliphatic carbocycles. The minimum Gasteiger partial charge on any atom is -0.313 e. The van der Waals surface area contributed by atoms with Crippen molar-refractivity contribution < 1.29 is 13.2 Å². The zero-order valence-electron chi connectivity index (χ0n) is 7.36. The fraction of sp³-hybridized carbons (Fsp3) is 0.500. The highest BCUT2D eigenvalue weighted by atomic mass is 32.2. The van der Waals surface area contributed by atoms with Crippen molar-refractivity contribution in [2.45, 2.75) is 12.8 Å². The molecule has 14 heavy (non-hydrogen) atoms. The van der Waals surface area contributed by atoms with Crippen LogP contribution in [0.2, 0.25) is 0 Å². The average molecular weight is 212 g/mol. The van der Waals surface area contributed by atoms with Gasteiger partial charge in [-0.05, 0) is 12.8 Å². The predicted octanol–water partition coefficient (Wildman–Crippen LogP) is -0.228. The van der Waals surface area contributed by atoms with Crippen LogP contribution >= 0.6 is 0 Å². The molecule has 0 atom stereocenters. The van der Waals surface area contributed by atoms with Crippen LogP contribution in [0.1, 0.15) is 12.8 Å². The van der Waals surface area contributed by atoms with Crippen molar-refractivity contribution in [2.24, 2.45) is 0 Å². The third-order valence-corrected chi connectivity index (χ3v) is 3.99. The van der Waals surface area contributed by atoms with Gasteiger partial charge in [-0.1, -0.05) is 0 Å². The number of carbonyl (C=O) groups is 1. The summed E-state index contributed by atoms with van der Waals surface area (Å²) >= 11 is 0. The van der Waals surface area contributed by atoms with Crippen LogP contribution in [0.15, 0.2) is 10.6 Å². The maximum absolute atomic E-state index is 11.4. The fourth-order valence-corrected chi connectivity index (χ4v) is 3.15. The molecule has 0 saturated carbocycles. The number of rotatable bonds is 0. The molecule has 1 saturated heterocycles. The maximum Gasteiger partial charge on any atom is 0.242 e. The summed E-state index contributed by atoms with van der Waals surface area (Å²) in [7, 11) is -3.65. The number of hydrogen-bond donors (Lipinski definition) is 0. The van der Waals surface area contributed by atoms with Gasteiger partial charge >= 0.3 is 0 Å². The van der Waals surface area contributed by atoms with E-state index in [4.69, 9.17) is 5.26 Å². The Morgan fingerprint density at radius 1 is 1.43 bits per heavy atom. The molecule has 0 spiro atoms. The summed E-state index contributed by atoms with van der Waals surface area (Å²) in [4.78, 5) is 12.6. The SMILES string of the molecule is N#CC1=C2CCCN2C(=O)CS1(=O)=O. The number of nitriles is 1. The van der Waals surface area contributed by atoms with Gasteiger partial charge in [-0.25, -0.2) is 8.42 Å². The van der Waals surface area contributed by atoms with E-state index in [0.29, 0.717) is 18.7 Å². The second kappa shape index (κ2) is 2.82. The highest BCUT2D eigenvalue weighted by Crippen LogP contribution is 2.31. The molecule has 2 aliphatic rings. The summed E-state index contributed by atoms with van der Waals surface area (Å²) in [5, 5.41) is 8.73. The summed E-state index contributed by atoms with van der Waals surface area (Å²) in [6.45, 7) is 0.537. The first-order valence-electron chi connectivity index (χ1n) is 4.22. The van der Waals surface area contributed by atoms with Gasteiger partial charge in [-0.15, -0.1) is 0 Å². The second-order valence-corrected chi connectivity index (χ2v) is 5.22. The standard InChI is InChI=1S/C8H8N2O3S/c9-4-7-6-2-1-3-10(6)8(11)5-14(7,12)13/h1-3,5H2. The van der Waals surface area contributed by atoms with Gasteiger partial charge in [0.05, 0.1) is 5.70 Å². The van der Waals surface area contributed by atoms with Crippen LogP contribution in [0, 0.1) is 11.3 Å². The number of allylic oxidation sites excluding steroid dienone is 2. The molecule has 0 N–H and O–H groups in total. The molecule has 2 heterocycles. The Kier molecular flexibility index (Phi) is 1.86. The number of amides is 1. The zero-order valence-corrected chi connectivity index (χ0v) is 8.17. The molecule has 1 amide bonds. The first-order chi connectivity index (χ1) is 6.56. The van der Waals surface area contributed by atoms with Crippen LogP contribution in [0.4, 0.5) is 0 Å². The van der Waals surface area contributed by atoms with E-state index in [-0.39, 0.29) is 4.91 Å². The van der Waals surface area contributed by atoms with Crippen molar-refractivity contribution >= 4 is 15.7 Å². The fourth-order valence-electron chi connectivity index (χ4n) is 1.81. The van der Waals surface area contributed by atoms with Crippen molar-refractivity contribution in [2.75, 3.05) is 12.3 Å². The molecule has 6 heteroatoms.